The number of carbonyl (C=O) groups excluding carboxylic acids is 1. The third-order valence-electron chi connectivity index (χ3n) is 5.29. The second kappa shape index (κ2) is 9.38. The molecule has 1 unspecified atom stereocenters. The number of halogens is 1. The van der Waals surface area contributed by atoms with Crippen molar-refractivity contribution in [3.63, 3.8) is 0 Å². The van der Waals surface area contributed by atoms with E-state index in [0.29, 0.717) is 28.9 Å². The predicted molar refractivity (Wildman–Crippen MR) is 126 cm³/mol. The summed E-state index contributed by atoms with van der Waals surface area (Å²) in [6, 6.07) is 11.3. The van der Waals surface area contributed by atoms with Crippen LogP contribution >= 0.6 is 34.3 Å². The quantitative estimate of drug-likeness (QED) is 0.514. The molecule has 3 heterocycles. The number of sulfonamides is 1. The van der Waals surface area contributed by atoms with E-state index in [1.165, 1.54) is 27.3 Å². The van der Waals surface area contributed by atoms with Crippen LogP contribution in [0.4, 0.5) is 5.13 Å². The van der Waals surface area contributed by atoms with Gasteiger partial charge in [-0.15, -0.1) is 22.7 Å². The molecule has 0 spiro atoms. The summed E-state index contributed by atoms with van der Waals surface area (Å²) in [5.74, 6) is -0.624. The smallest absolute Gasteiger partial charge is 0.252 e. The van der Waals surface area contributed by atoms with Crippen LogP contribution in [0, 0.1) is 5.92 Å². The number of nitrogens with zero attached hydrogens (tertiary/aromatic N) is 2. The Balaban J connectivity index is 1.42. The average molecular weight is 496 g/mol. The summed E-state index contributed by atoms with van der Waals surface area (Å²) in [5.41, 5.74) is 3.07. The SMILES string of the molecule is CCc1ccc(-c2csc(NC(=O)C3CCCN(S(=O)(=O)c4ccc(Cl)s4)C3)n2)cc1. The van der Waals surface area contributed by atoms with Gasteiger partial charge in [-0.05, 0) is 37.0 Å². The second-order valence-corrected chi connectivity index (χ2v) is 12.1. The Kier molecular flexibility index (Phi) is 6.78. The van der Waals surface area contributed by atoms with Crippen molar-refractivity contribution >= 4 is 55.3 Å². The number of hydrogen-bond acceptors (Lipinski definition) is 6. The first-order valence-corrected chi connectivity index (χ1v) is 13.5. The van der Waals surface area contributed by atoms with Crippen molar-refractivity contribution in [1.29, 1.82) is 0 Å². The van der Waals surface area contributed by atoms with E-state index in [-0.39, 0.29) is 16.7 Å². The number of nitrogens with one attached hydrogen (secondary N) is 1. The topological polar surface area (TPSA) is 79.4 Å². The van der Waals surface area contributed by atoms with Gasteiger partial charge in [-0.2, -0.15) is 4.31 Å². The number of aromatic nitrogens is 1. The molecule has 2 aromatic heterocycles. The lowest BCUT2D eigenvalue weighted by Gasteiger charge is -2.30. The fourth-order valence-corrected chi connectivity index (χ4v) is 7.40. The Morgan fingerprint density at radius 3 is 2.71 bits per heavy atom. The predicted octanol–water partition coefficient (Wildman–Crippen LogP) is 5.13. The van der Waals surface area contributed by atoms with Gasteiger partial charge in [-0.1, -0.05) is 42.8 Å². The summed E-state index contributed by atoms with van der Waals surface area (Å²) < 4.78 is 27.7. The molecule has 10 heteroatoms. The molecular weight excluding hydrogens is 474 g/mol. The lowest BCUT2D eigenvalue weighted by molar-refractivity contribution is -0.120. The molecule has 1 fully saturated rings. The van der Waals surface area contributed by atoms with Crippen molar-refractivity contribution in [3.8, 4) is 11.3 Å². The zero-order valence-electron chi connectivity index (χ0n) is 16.9. The first-order valence-electron chi connectivity index (χ1n) is 9.98. The van der Waals surface area contributed by atoms with E-state index in [9.17, 15) is 13.2 Å². The van der Waals surface area contributed by atoms with Crippen LogP contribution in [0.25, 0.3) is 11.3 Å². The van der Waals surface area contributed by atoms with Gasteiger partial charge < -0.3 is 5.32 Å². The van der Waals surface area contributed by atoms with E-state index in [1.54, 1.807) is 6.07 Å². The van der Waals surface area contributed by atoms with Gasteiger partial charge in [0, 0.05) is 24.0 Å². The van der Waals surface area contributed by atoms with Crippen LogP contribution in [0.15, 0.2) is 46.0 Å². The Morgan fingerprint density at radius 1 is 1.26 bits per heavy atom. The third kappa shape index (κ3) is 5.01. The van der Waals surface area contributed by atoms with Crippen molar-refractivity contribution in [3.05, 3.63) is 51.7 Å². The van der Waals surface area contributed by atoms with Crippen LogP contribution in [0.2, 0.25) is 4.34 Å². The maximum Gasteiger partial charge on any atom is 0.252 e. The molecule has 1 aliphatic rings. The lowest BCUT2D eigenvalue weighted by atomic mass is 9.99. The van der Waals surface area contributed by atoms with Crippen LogP contribution in [-0.2, 0) is 21.2 Å². The number of hydrogen-bond donors (Lipinski definition) is 1. The number of thiophene rings is 1. The van der Waals surface area contributed by atoms with E-state index in [0.717, 1.165) is 29.0 Å². The molecule has 3 aromatic rings. The first kappa shape index (κ1) is 22.4. The van der Waals surface area contributed by atoms with E-state index in [4.69, 9.17) is 11.6 Å². The molecule has 164 valence electrons. The van der Waals surface area contributed by atoms with Crippen molar-refractivity contribution in [2.45, 2.75) is 30.4 Å². The number of thiazole rings is 1. The monoisotopic (exact) mass is 495 g/mol. The molecule has 0 bridgehead atoms. The molecule has 0 aliphatic carbocycles. The molecule has 1 amide bonds. The largest absolute Gasteiger partial charge is 0.302 e. The Bertz CT molecular complexity index is 1170. The highest BCUT2D eigenvalue weighted by Crippen LogP contribution is 2.31. The highest BCUT2D eigenvalue weighted by Gasteiger charge is 2.34. The van der Waals surface area contributed by atoms with Gasteiger partial charge in [0.25, 0.3) is 10.0 Å². The van der Waals surface area contributed by atoms with E-state index in [1.807, 2.05) is 17.5 Å². The van der Waals surface area contributed by atoms with E-state index < -0.39 is 15.9 Å². The van der Waals surface area contributed by atoms with Gasteiger partial charge in [-0.3, -0.25) is 4.79 Å². The number of aryl methyl sites for hydroxylation is 1. The normalized spacial score (nSPS) is 17.5. The van der Waals surface area contributed by atoms with Gasteiger partial charge in [0.2, 0.25) is 5.91 Å². The van der Waals surface area contributed by atoms with E-state index >= 15 is 0 Å². The highest BCUT2D eigenvalue weighted by molar-refractivity contribution is 7.91. The molecule has 0 radical (unpaired) electrons. The minimum absolute atomic E-state index is 0.153. The number of benzene rings is 1. The molecule has 31 heavy (non-hydrogen) atoms. The molecule has 1 aromatic carbocycles. The standard InChI is InChI=1S/C21H22ClN3O3S3/c1-2-14-5-7-15(8-6-14)17-13-29-21(23-17)24-20(26)16-4-3-11-25(12-16)31(27,28)19-10-9-18(22)30-19/h5-10,13,16H,2-4,11-12H2,1H3,(H,23,24,26). The van der Waals surface area contributed by atoms with Gasteiger partial charge in [-0.25, -0.2) is 13.4 Å². The van der Waals surface area contributed by atoms with Gasteiger partial charge in [0.05, 0.1) is 15.9 Å². The highest BCUT2D eigenvalue weighted by atomic mass is 35.5. The molecule has 6 nitrogen and oxygen atoms in total. The summed E-state index contributed by atoms with van der Waals surface area (Å²) in [6.45, 7) is 2.66. The van der Waals surface area contributed by atoms with Crippen molar-refractivity contribution in [1.82, 2.24) is 9.29 Å². The van der Waals surface area contributed by atoms with Crippen molar-refractivity contribution in [2.24, 2.45) is 5.92 Å². The maximum absolute atomic E-state index is 12.9. The first-order chi connectivity index (χ1) is 14.9. The molecule has 1 atom stereocenters. The van der Waals surface area contributed by atoms with Crippen LogP contribution in [0.1, 0.15) is 25.3 Å². The van der Waals surface area contributed by atoms with Crippen molar-refractivity contribution < 1.29 is 13.2 Å². The van der Waals surface area contributed by atoms with Gasteiger partial charge >= 0.3 is 0 Å². The number of piperidine rings is 1. The molecule has 1 aliphatic heterocycles. The van der Waals surface area contributed by atoms with Crippen molar-refractivity contribution in [2.75, 3.05) is 18.4 Å². The number of carbonyl (C=O) groups is 1. The van der Waals surface area contributed by atoms with Gasteiger partial charge in [0.1, 0.15) is 4.21 Å². The average Bonchev–Trinajstić information content (AvgIpc) is 3.43. The molecule has 1 saturated heterocycles. The summed E-state index contributed by atoms with van der Waals surface area (Å²) in [5, 5.41) is 5.30. The van der Waals surface area contributed by atoms with Crippen LogP contribution < -0.4 is 5.32 Å². The number of rotatable bonds is 6. The summed E-state index contributed by atoms with van der Waals surface area (Å²) in [7, 11) is -3.64. The molecule has 0 saturated carbocycles. The van der Waals surface area contributed by atoms with E-state index in [2.05, 4.69) is 29.4 Å². The minimum Gasteiger partial charge on any atom is -0.302 e. The van der Waals surface area contributed by atoms with Crippen LogP contribution in [0.5, 0.6) is 0 Å². The molecular formula is C21H22ClN3O3S3. The summed E-state index contributed by atoms with van der Waals surface area (Å²) in [4.78, 5) is 17.4. The maximum atomic E-state index is 12.9. The minimum atomic E-state index is -3.64. The van der Waals surface area contributed by atoms with Gasteiger partial charge in [0.15, 0.2) is 5.13 Å². The zero-order valence-corrected chi connectivity index (χ0v) is 20.1. The molecule has 4 rings (SSSR count). The Labute approximate surface area is 194 Å². The van der Waals surface area contributed by atoms with Crippen LogP contribution in [0.3, 0.4) is 0 Å². The summed E-state index contributed by atoms with van der Waals surface area (Å²) in [6.07, 6.45) is 2.25. The number of anilines is 1. The fourth-order valence-electron chi connectivity index (χ4n) is 3.52. The fraction of sp³-hybridized carbons (Fsp3) is 0.333. The number of amides is 1. The van der Waals surface area contributed by atoms with Crippen LogP contribution in [-0.4, -0.2) is 36.7 Å². The Hall–Kier alpha value is -1.78. The summed E-state index contributed by atoms with van der Waals surface area (Å²) >= 11 is 8.30. The Morgan fingerprint density at radius 2 is 2.03 bits per heavy atom. The molecule has 1 N–H and O–H groups in total. The zero-order chi connectivity index (χ0) is 22.0. The third-order valence-corrected chi connectivity index (χ3v) is 9.61. The lowest BCUT2D eigenvalue weighted by Crippen LogP contribution is -2.43. The second-order valence-electron chi connectivity index (χ2n) is 7.34.